The molecule has 1 fully saturated rings. The van der Waals surface area contributed by atoms with Crippen LogP contribution in [0.15, 0.2) is 29.3 Å². The van der Waals surface area contributed by atoms with Crippen molar-refractivity contribution in [3.63, 3.8) is 0 Å². The van der Waals surface area contributed by atoms with Crippen LogP contribution >= 0.6 is 0 Å². The molecule has 6 nitrogen and oxygen atoms in total. The van der Waals surface area contributed by atoms with E-state index in [9.17, 15) is 0 Å². The van der Waals surface area contributed by atoms with E-state index in [1.807, 2.05) is 24.3 Å². The van der Waals surface area contributed by atoms with Crippen LogP contribution in [0.5, 0.6) is 11.5 Å². The fourth-order valence-corrected chi connectivity index (χ4v) is 2.98. The monoisotopic (exact) mass is 348 g/mol. The second-order valence-electron chi connectivity index (χ2n) is 6.49. The van der Waals surface area contributed by atoms with Crippen molar-refractivity contribution in [3.8, 4) is 11.5 Å². The van der Waals surface area contributed by atoms with Crippen LogP contribution in [0, 0.1) is 5.92 Å². The first-order valence-corrected chi connectivity index (χ1v) is 9.11. The number of rotatable bonds is 8. The second-order valence-corrected chi connectivity index (χ2v) is 6.49. The van der Waals surface area contributed by atoms with Gasteiger partial charge in [-0.1, -0.05) is 0 Å². The lowest BCUT2D eigenvalue weighted by molar-refractivity contribution is 0.213. The minimum Gasteiger partial charge on any atom is -0.497 e. The molecular formula is C19H32N4O2. The molecule has 1 saturated heterocycles. The molecule has 6 heteroatoms. The SMILES string of the molecule is CN=C(NCCOc1ccc(OC)cc1)NCCC1CCN(C)CC1. The summed E-state index contributed by atoms with van der Waals surface area (Å²) in [6.45, 7) is 4.70. The minimum atomic E-state index is 0.585. The molecule has 0 saturated carbocycles. The zero-order valence-corrected chi connectivity index (χ0v) is 15.8. The minimum absolute atomic E-state index is 0.585. The predicted octanol–water partition coefficient (Wildman–Crippen LogP) is 1.97. The number of benzene rings is 1. The Kier molecular flexibility index (Phi) is 8.39. The number of hydrogen-bond donors (Lipinski definition) is 2. The topological polar surface area (TPSA) is 58.1 Å². The molecule has 0 aliphatic carbocycles. The molecule has 0 amide bonds. The summed E-state index contributed by atoms with van der Waals surface area (Å²) in [4.78, 5) is 6.67. The number of guanidine groups is 1. The van der Waals surface area contributed by atoms with Crippen molar-refractivity contribution < 1.29 is 9.47 Å². The molecule has 2 N–H and O–H groups in total. The first-order chi connectivity index (χ1) is 12.2. The zero-order chi connectivity index (χ0) is 17.9. The Labute approximate surface area is 151 Å². The molecule has 1 aromatic carbocycles. The second kappa shape index (κ2) is 10.8. The van der Waals surface area contributed by atoms with Gasteiger partial charge in [0.05, 0.1) is 13.7 Å². The zero-order valence-electron chi connectivity index (χ0n) is 15.8. The van der Waals surface area contributed by atoms with Gasteiger partial charge in [0.1, 0.15) is 18.1 Å². The number of hydrogen-bond acceptors (Lipinski definition) is 4. The highest BCUT2D eigenvalue weighted by molar-refractivity contribution is 5.79. The lowest BCUT2D eigenvalue weighted by atomic mass is 9.94. The number of aliphatic imine (C=N–C) groups is 1. The predicted molar refractivity (Wildman–Crippen MR) is 103 cm³/mol. The summed E-state index contributed by atoms with van der Waals surface area (Å²) in [5, 5.41) is 6.68. The fraction of sp³-hybridized carbons (Fsp3) is 0.632. The Balaban J connectivity index is 1.56. The Hall–Kier alpha value is -1.95. The van der Waals surface area contributed by atoms with Crippen molar-refractivity contribution in [2.45, 2.75) is 19.3 Å². The molecule has 1 aliphatic rings. The fourth-order valence-electron chi connectivity index (χ4n) is 2.98. The van der Waals surface area contributed by atoms with Crippen molar-refractivity contribution in [3.05, 3.63) is 24.3 Å². The molecule has 0 unspecified atom stereocenters. The number of piperidine rings is 1. The molecule has 140 valence electrons. The van der Waals surface area contributed by atoms with E-state index in [-0.39, 0.29) is 0 Å². The standard InChI is InChI=1S/C19H32N4O2/c1-20-19(21-11-8-16-9-13-23(2)14-10-16)22-12-15-25-18-6-4-17(24-3)5-7-18/h4-7,16H,8-15H2,1-3H3,(H2,20,21,22). The first-order valence-electron chi connectivity index (χ1n) is 9.11. The summed E-state index contributed by atoms with van der Waals surface area (Å²) < 4.78 is 10.8. The Bertz CT molecular complexity index is 511. The van der Waals surface area contributed by atoms with Crippen LogP contribution < -0.4 is 20.1 Å². The molecule has 0 bridgehead atoms. The third kappa shape index (κ3) is 7.22. The number of likely N-dealkylation sites (tertiary alicyclic amines) is 1. The van der Waals surface area contributed by atoms with Gasteiger partial charge < -0.3 is 25.0 Å². The van der Waals surface area contributed by atoms with E-state index in [1.165, 1.54) is 32.4 Å². The van der Waals surface area contributed by atoms with Crippen LogP contribution in [-0.2, 0) is 0 Å². The van der Waals surface area contributed by atoms with E-state index in [4.69, 9.17) is 9.47 Å². The van der Waals surface area contributed by atoms with Crippen LogP contribution in [-0.4, -0.2) is 64.9 Å². The molecule has 1 aromatic rings. The summed E-state index contributed by atoms with van der Waals surface area (Å²) in [7, 11) is 5.66. The van der Waals surface area contributed by atoms with Gasteiger partial charge >= 0.3 is 0 Å². The van der Waals surface area contributed by atoms with Crippen LogP contribution in [0.25, 0.3) is 0 Å². The quantitative estimate of drug-likeness (QED) is 0.427. The average Bonchev–Trinajstić information content (AvgIpc) is 2.65. The average molecular weight is 348 g/mol. The molecule has 0 spiro atoms. The van der Waals surface area contributed by atoms with Gasteiger partial charge in [-0.2, -0.15) is 0 Å². The van der Waals surface area contributed by atoms with E-state index >= 15 is 0 Å². The molecule has 0 aromatic heterocycles. The molecule has 0 atom stereocenters. The van der Waals surface area contributed by atoms with E-state index in [0.717, 1.165) is 29.9 Å². The number of ether oxygens (including phenoxy) is 2. The molecule has 1 heterocycles. The number of nitrogens with zero attached hydrogens (tertiary/aromatic N) is 2. The van der Waals surface area contributed by atoms with Gasteiger partial charge in [-0.05, 0) is 69.6 Å². The van der Waals surface area contributed by atoms with Gasteiger partial charge in [-0.25, -0.2) is 0 Å². The van der Waals surface area contributed by atoms with Gasteiger partial charge in [-0.3, -0.25) is 4.99 Å². The Morgan fingerprint density at radius 3 is 2.40 bits per heavy atom. The van der Waals surface area contributed by atoms with Crippen molar-refractivity contribution in [2.75, 3.05) is 54.0 Å². The third-order valence-electron chi connectivity index (χ3n) is 4.63. The van der Waals surface area contributed by atoms with Crippen molar-refractivity contribution in [1.29, 1.82) is 0 Å². The maximum Gasteiger partial charge on any atom is 0.191 e. The highest BCUT2D eigenvalue weighted by Crippen LogP contribution is 2.18. The summed E-state index contributed by atoms with van der Waals surface area (Å²) in [6.07, 6.45) is 3.82. The maximum absolute atomic E-state index is 5.70. The maximum atomic E-state index is 5.70. The van der Waals surface area contributed by atoms with Crippen molar-refractivity contribution in [2.24, 2.45) is 10.9 Å². The van der Waals surface area contributed by atoms with E-state index in [0.29, 0.717) is 13.2 Å². The van der Waals surface area contributed by atoms with Gasteiger partial charge in [-0.15, -0.1) is 0 Å². The summed E-state index contributed by atoms with van der Waals surface area (Å²) in [5.74, 6) is 3.35. The van der Waals surface area contributed by atoms with Gasteiger partial charge in [0, 0.05) is 13.6 Å². The van der Waals surface area contributed by atoms with Gasteiger partial charge in [0.25, 0.3) is 0 Å². The third-order valence-corrected chi connectivity index (χ3v) is 4.63. The van der Waals surface area contributed by atoms with E-state index < -0.39 is 0 Å². The molecule has 0 radical (unpaired) electrons. The van der Waals surface area contributed by atoms with Crippen LogP contribution in [0.2, 0.25) is 0 Å². The highest BCUT2D eigenvalue weighted by Gasteiger charge is 2.16. The molecule has 25 heavy (non-hydrogen) atoms. The molecule has 1 aliphatic heterocycles. The number of nitrogens with one attached hydrogen (secondary N) is 2. The van der Waals surface area contributed by atoms with Crippen molar-refractivity contribution in [1.82, 2.24) is 15.5 Å². The van der Waals surface area contributed by atoms with E-state index in [2.05, 4.69) is 27.6 Å². The molecular weight excluding hydrogens is 316 g/mol. The lowest BCUT2D eigenvalue weighted by Gasteiger charge is -2.29. The van der Waals surface area contributed by atoms with Crippen LogP contribution in [0.4, 0.5) is 0 Å². The largest absolute Gasteiger partial charge is 0.497 e. The Morgan fingerprint density at radius 1 is 1.12 bits per heavy atom. The summed E-state index contributed by atoms with van der Waals surface area (Å²) in [6, 6.07) is 7.61. The van der Waals surface area contributed by atoms with Crippen LogP contribution in [0.3, 0.4) is 0 Å². The highest BCUT2D eigenvalue weighted by atomic mass is 16.5. The lowest BCUT2D eigenvalue weighted by Crippen LogP contribution is -2.40. The number of methoxy groups -OCH3 is 1. The smallest absolute Gasteiger partial charge is 0.191 e. The summed E-state index contributed by atoms with van der Waals surface area (Å²) >= 11 is 0. The van der Waals surface area contributed by atoms with Gasteiger partial charge in [0.2, 0.25) is 0 Å². The normalized spacial score (nSPS) is 16.5. The Morgan fingerprint density at radius 2 is 1.76 bits per heavy atom. The van der Waals surface area contributed by atoms with Crippen molar-refractivity contribution >= 4 is 5.96 Å². The van der Waals surface area contributed by atoms with Gasteiger partial charge in [0.15, 0.2) is 5.96 Å². The molecule has 2 rings (SSSR count). The van der Waals surface area contributed by atoms with Crippen LogP contribution in [0.1, 0.15) is 19.3 Å². The summed E-state index contributed by atoms with van der Waals surface area (Å²) in [5.41, 5.74) is 0. The van der Waals surface area contributed by atoms with E-state index in [1.54, 1.807) is 14.2 Å². The first kappa shape index (κ1) is 19.4.